The Morgan fingerprint density at radius 3 is 2.41 bits per heavy atom. The fourth-order valence-electron chi connectivity index (χ4n) is 1.89. The molecule has 0 fully saturated rings. The van der Waals surface area contributed by atoms with Crippen LogP contribution in [0.3, 0.4) is 0 Å². The predicted molar refractivity (Wildman–Crippen MR) is 79.1 cm³/mol. The van der Waals surface area contributed by atoms with Gasteiger partial charge in [0.15, 0.2) is 0 Å². The molecule has 6 heteroatoms. The van der Waals surface area contributed by atoms with Crippen LogP contribution in [0.4, 0.5) is 4.39 Å². The number of hydrogen-bond donors (Lipinski definition) is 3. The van der Waals surface area contributed by atoms with E-state index in [9.17, 15) is 19.1 Å². The Morgan fingerprint density at radius 1 is 1.09 bits per heavy atom. The van der Waals surface area contributed by atoms with E-state index in [0.29, 0.717) is 5.56 Å². The average Bonchev–Trinajstić information content (AvgIpc) is 2.54. The molecule has 0 radical (unpaired) electrons. The van der Waals surface area contributed by atoms with Crippen molar-refractivity contribution in [2.24, 2.45) is 0 Å². The number of hydrogen-bond acceptors (Lipinski definition) is 3. The molecule has 2 rings (SSSR count). The van der Waals surface area contributed by atoms with Crippen LogP contribution < -0.4 is 10.6 Å². The Hall–Kier alpha value is -2.89. The summed E-state index contributed by atoms with van der Waals surface area (Å²) in [5, 5.41) is 14.6. The maximum atomic E-state index is 13.1. The lowest BCUT2D eigenvalue weighted by Gasteiger charge is -2.08. The number of phenols is 1. The molecule has 0 unspecified atom stereocenters. The Labute approximate surface area is 126 Å². The molecule has 2 aromatic carbocycles. The first-order valence-corrected chi connectivity index (χ1v) is 6.59. The van der Waals surface area contributed by atoms with E-state index in [1.807, 2.05) is 0 Å². The van der Waals surface area contributed by atoms with Crippen molar-refractivity contribution in [1.82, 2.24) is 10.6 Å². The van der Waals surface area contributed by atoms with Crippen LogP contribution in [-0.2, 0) is 6.54 Å². The van der Waals surface area contributed by atoms with E-state index < -0.39 is 11.7 Å². The van der Waals surface area contributed by atoms with Crippen LogP contribution in [0, 0.1) is 5.82 Å². The number of nitrogens with one attached hydrogen (secondary N) is 2. The van der Waals surface area contributed by atoms with Crippen LogP contribution >= 0.6 is 0 Å². The molecular formula is C16H15FN2O3. The third kappa shape index (κ3) is 3.60. The van der Waals surface area contributed by atoms with Crippen LogP contribution in [0.2, 0.25) is 0 Å². The van der Waals surface area contributed by atoms with Gasteiger partial charge in [0.05, 0.1) is 5.56 Å². The quantitative estimate of drug-likeness (QED) is 0.806. The summed E-state index contributed by atoms with van der Waals surface area (Å²) in [6, 6.07) is 9.86. The van der Waals surface area contributed by atoms with Gasteiger partial charge >= 0.3 is 0 Å². The third-order valence-electron chi connectivity index (χ3n) is 3.10. The molecular weight excluding hydrogens is 287 g/mol. The van der Waals surface area contributed by atoms with E-state index in [2.05, 4.69) is 10.6 Å². The van der Waals surface area contributed by atoms with E-state index >= 15 is 0 Å². The van der Waals surface area contributed by atoms with Crippen molar-refractivity contribution in [1.29, 1.82) is 0 Å². The summed E-state index contributed by atoms with van der Waals surface area (Å²) in [6.45, 7) is 0.197. The minimum Gasteiger partial charge on any atom is -0.507 e. The zero-order chi connectivity index (χ0) is 16.1. The number of aromatic hydroxyl groups is 1. The highest BCUT2D eigenvalue weighted by molar-refractivity contribution is 5.96. The molecule has 0 aliphatic carbocycles. The Balaban J connectivity index is 2.02. The monoisotopic (exact) mass is 302 g/mol. The van der Waals surface area contributed by atoms with E-state index in [1.54, 1.807) is 31.3 Å². The minimum atomic E-state index is -0.599. The van der Waals surface area contributed by atoms with Crippen molar-refractivity contribution in [2.45, 2.75) is 6.54 Å². The highest BCUT2D eigenvalue weighted by atomic mass is 19.1. The molecule has 0 aromatic heterocycles. The number of carbonyl (C=O) groups excluding carboxylic acids is 2. The van der Waals surface area contributed by atoms with Crippen molar-refractivity contribution in [3.8, 4) is 5.75 Å². The molecule has 2 aromatic rings. The Kier molecular flexibility index (Phi) is 4.73. The van der Waals surface area contributed by atoms with Gasteiger partial charge in [-0.25, -0.2) is 4.39 Å². The summed E-state index contributed by atoms with van der Waals surface area (Å²) >= 11 is 0. The summed E-state index contributed by atoms with van der Waals surface area (Å²) in [5.74, 6) is -1.65. The van der Waals surface area contributed by atoms with Gasteiger partial charge in [0, 0.05) is 19.2 Å². The molecule has 0 bridgehead atoms. The largest absolute Gasteiger partial charge is 0.507 e. The van der Waals surface area contributed by atoms with Crippen LogP contribution in [0.25, 0.3) is 0 Å². The number of rotatable bonds is 4. The van der Waals surface area contributed by atoms with Crippen molar-refractivity contribution in [3.63, 3.8) is 0 Å². The van der Waals surface area contributed by atoms with Crippen LogP contribution in [0.5, 0.6) is 5.75 Å². The van der Waals surface area contributed by atoms with Crippen molar-refractivity contribution < 1.29 is 19.1 Å². The molecule has 22 heavy (non-hydrogen) atoms. The lowest BCUT2D eigenvalue weighted by Crippen LogP contribution is -2.23. The number of amides is 2. The van der Waals surface area contributed by atoms with Crippen LogP contribution in [-0.4, -0.2) is 24.0 Å². The zero-order valence-corrected chi connectivity index (χ0v) is 11.9. The molecule has 114 valence electrons. The van der Waals surface area contributed by atoms with Gasteiger partial charge in [0.25, 0.3) is 11.8 Å². The first-order chi connectivity index (χ1) is 10.5. The molecule has 0 aliphatic rings. The van der Waals surface area contributed by atoms with Gasteiger partial charge in [0.2, 0.25) is 0 Å². The highest BCUT2D eigenvalue weighted by Gasteiger charge is 2.12. The molecule has 0 saturated heterocycles. The first kappa shape index (κ1) is 15.5. The molecule has 0 spiro atoms. The van der Waals surface area contributed by atoms with E-state index in [1.165, 1.54) is 0 Å². The molecule has 3 N–H and O–H groups in total. The second kappa shape index (κ2) is 6.71. The summed E-state index contributed by atoms with van der Waals surface area (Å²) in [6.07, 6.45) is 0. The highest BCUT2D eigenvalue weighted by Crippen LogP contribution is 2.17. The second-order valence-corrected chi connectivity index (χ2v) is 4.62. The van der Waals surface area contributed by atoms with Gasteiger partial charge in [-0.3, -0.25) is 9.59 Å². The topological polar surface area (TPSA) is 78.4 Å². The Morgan fingerprint density at radius 2 is 1.77 bits per heavy atom. The van der Waals surface area contributed by atoms with Gasteiger partial charge in [-0.1, -0.05) is 12.1 Å². The zero-order valence-electron chi connectivity index (χ0n) is 11.9. The molecule has 0 aliphatic heterocycles. The van der Waals surface area contributed by atoms with Crippen molar-refractivity contribution in [3.05, 3.63) is 65.0 Å². The van der Waals surface area contributed by atoms with Crippen LogP contribution in [0.15, 0.2) is 42.5 Å². The molecule has 2 amide bonds. The normalized spacial score (nSPS) is 10.1. The van der Waals surface area contributed by atoms with Gasteiger partial charge in [-0.05, 0) is 35.9 Å². The Bertz CT molecular complexity index is 699. The third-order valence-corrected chi connectivity index (χ3v) is 3.10. The van der Waals surface area contributed by atoms with Crippen molar-refractivity contribution >= 4 is 11.8 Å². The SMILES string of the molecule is CNC(=O)c1ccc(CNC(=O)c2cc(F)ccc2O)cc1. The number of carbonyl (C=O) groups is 2. The fourth-order valence-corrected chi connectivity index (χ4v) is 1.89. The van der Waals surface area contributed by atoms with Gasteiger partial charge in [-0.15, -0.1) is 0 Å². The van der Waals surface area contributed by atoms with E-state index in [4.69, 9.17) is 0 Å². The molecule has 5 nitrogen and oxygen atoms in total. The summed E-state index contributed by atoms with van der Waals surface area (Å²) in [4.78, 5) is 23.3. The summed E-state index contributed by atoms with van der Waals surface area (Å²) < 4.78 is 13.1. The molecule has 0 saturated carbocycles. The summed E-state index contributed by atoms with van der Waals surface area (Å²) in [5.41, 5.74) is 1.17. The van der Waals surface area contributed by atoms with Gasteiger partial charge in [0.1, 0.15) is 11.6 Å². The average molecular weight is 302 g/mol. The maximum absolute atomic E-state index is 13.1. The standard InChI is InChI=1S/C16H15FN2O3/c1-18-15(21)11-4-2-10(3-5-11)9-19-16(22)13-8-12(17)6-7-14(13)20/h2-8,20H,9H2,1H3,(H,18,21)(H,19,22). The molecule has 0 atom stereocenters. The molecule has 0 heterocycles. The van der Waals surface area contributed by atoms with E-state index in [0.717, 1.165) is 23.8 Å². The second-order valence-electron chi connectivity index (χ2n) is 4.62. The number of benzene rings is 2. The summed E-state index contributed by atoms with van der Waals surface area (Å²) in [7, 11) is 1.54. The lowest BCUT2D eigenvalue weighted by atomic mass is 10.1. The fraction of sp³-hybridized carbons (Fsp3) is 0.125. The van der Waals surface area contributed by atoms with Crippen molar-refractivity contribution in [2.75, 3.05) is 7.05 Å². The number of phenolic OH excluding ortho intramolecular Hbond substituents is 1. The first-order valence-electron chi connectivity index (χ1n) is 6.59. The van der Waals surface area contributed by atoms with E-state index in [-0.39, 0.29) is 23.8 Å². The van der Waals surface area contributed by atoms with Gasteiger partial charge < -0.3 is 15.7 Å². The maximum Gasteiger partial charge on any atom is 0.255 e. The predicted octanol–water partition coefficient (Wildman–Crippen LogP) is 1.82. The number of halogens is 1. The smallest absolute Gasteiger partial charge is 0.255 e. The van der Waals surface area contributed by atoms with Gasteiger partial charge in [-0.2, -0.15) is 0 Å². The minimum absolute atomic E-state index is 0.123. The van der Waals surface area contributed by atoms with Crippen LogP contribution in [0.1, 0.15) is 26.3 Å². The lowest BCUT2D eigenvalue weighted by molar-refractivity contribution is 0.0943.